The van der Waals surface area contributed by atoms with Crippen molar-refractivity contribution in [1.82, 2.24) is 25.3 Å². The highest BCUT2D eigenvalue weighted by Gasteiger charge is 2.61. The van der Waals surface area contributed by atoms with Gasteiger partial charge in [-0.1, -0.05) is 85.7 Å². The van der Waals surface area contributed by atoms with Gasteiger partial charge in [0, 0.05) is 24.4 Å². The van der Waals surface area contributed by atoms with Crippen molar-refractivity contribution >= 4 is 23.9 Å². The van der Waals surface area contributed by atoms with Gasteiger partial charge in [0.1, 0.15) is 23.2 Å². The zero-order valence-corrected chi connectivity index (χ0v) is 29.2. The molecule has 3 N–H and O–H groups in total. The number of carboxylic acid groups (broad SMARTS) is 1. The van der Waals surface area contributed by atoms with Crippen molar-refractivity contribution in [2.45, 2.75) is 95.0 Å². The molecule has 12 nitrogen and oxygen atoms in total. The van der Waals surface area contributed by atoms with Crippen LogP contribution in [0.1, 0.15) is 71.8 Å². The second kappa shape index (κ2) is 14.5. The fraction of sp³-hybridized carbons (Fsp3) is 0.436. The smallest absolute Gasteiger partial charge is 0.408 e. The van der Waals surface area contributed by atoms with Crippen LogP contribution in [-0.4, -0.2) is 73.4 Å². The summed E-state index contributed by atoms with van der Waals surface area (Å²) in [5, 5.41) is 20.3. The Bertz CT molecular complexity index is 1870. The summed E-state index contributed by atoms with van der Waals surface area (Å²) in [6, 6.07) is 15.9. The van der Waals surface area contributed by atoms with Gasteiger partial charge in [0.15, 0.2) is 0 Å². The molecular weight excluding hydrogens is 650 g/mol. The Balaban J connectivity index is 1.39. The molecular formula is C39H45N5O7. The van der Waals surface area contributed by atoms with E-state index in [1.807, 2.05) is 72.8 Å². The number of rotatable bonds is 5. The number of nitrogens with one attached hydrogen (secondary N) is 2. The Morgan fingerprint density at radius 1 is 0.980 bits per heavy atom. The van der Waals surface area contributed by atoms with Crippen LogP contribution >= 0.6 is 0 Å². The minimum Gasteiger partial charge on any atom is -0.479 e. The molecule has 3 heterocycles. The van der Waals surface area contributed by atoms with Gasteiger partial charge in [-0.15, -0.1) is 0 Å². The molecule has 3 aromatic rings. The number of alkyl carbamates (subject to hydrolysis) is 1. The number of ether oxygens (including phenoxy) is 1. The van der Waals surface area contributed by atoms with Crippen molar-refractivity contribution in [1.29, 1.82) is 0 Å². The van der Waals surface area contributed by atoms with E-state index in [0.29, 0.717) is 29.5 Å². The van der Waals surface area contributed by atoms with Crippen molar-refractivity contribution in [3.05, 3.63) is 89.4 Å². The number of aromatic nitrogens is 2. The van der Waals surface area contributed by atoms with Gasteiger partial charge in [0.05, 0.1) is 17.8 Å². The minimum absolute atomic E-state index is 0.0127. The highest BCUT2D eigenvalue weighted by molar-refractivity contribution is 5.96. The average molecular weight is 696 g/mol. The number of carboxylic acids is 1. The van der Waals surface area contributed by atoms with Crippen molar-refractivity contribution in [3.63, 3.8) is 0 Å². The number of fused-ring (bicyclic) bond motifs is 2. The van der Waals surface area contributed by atoms with Gasteiger partial charge in [0.25, 0.3) is 5.56 Å². The quantitative estimate of drug-likeness (QED) is 0.311. The molecule has 0 spiro atoms. The monoisotopic (exact) mass is 695 g/mol. The Labute approximate surface area is 296 Å². The van der Waals surface area contributed by atoms with E-state index >= 15 is 0 Å². The van der Waals surface area contributed by atoms with Crippen LogP contribution in [0.5, 0.6) is 0 Å². The number of amides is 3. The summed E-state index contributed by atoms with van der Waals surface area (Å²) in [7, 11) is 0. The molecule has 12 heteroatoms. The van der Waals surface area contributed by atoms with Crippen LogP contribution in [-0.2, 0) is 19.1 Å². The predicted octanol–water partition coefficient (Wildman–Crippen LogP) is 5.09. The van der Waals surface area contributed by atoms with Gasteiger partial charge in [-0.25, -0.2) is 14.3 Å². The van der Waals surface area contributed by atoms with E-state index in [1.54, 1.807) is 27.0 Å². The van der Waals surface area contributed by atoms with E-state index in [4.69, 9.17) is 4.74 Å². The maximum Gasteiger partial charge on any atom is 0.408 e. The first kappa shape index (κ1) is 35.6. The number of carbonyl (C=O) groups is 4. The lowest BCUT2D eigenvalue weighted by Crippen LogP contribution is -2.56. The Hall–Kier alpha value is -5.26. The molecule has 2 aromatic carbocycles. The number of nitrogens with zero attached hydrogens (tertiary/aromatic N) is 3. The van der Waals surface area contributed by atoms with Gasteiger partial charge in [-0.2, -0.15) is 5.10 Å². The Kier molecular flexibility index (Phi) is 10.1. The van der Waals surface area contributed by atoms with Gasteiger partial charge in [0.2, 0.25) is 11.8 Å². The topological polar surface area (TPSA) is 160 Å². The number of aliphatic carboxylic acids is 1. The van der Waals surface area contributed by atoms with Gasteiger partial charge >= 0.3 is 12.1 Å². The third-order valence-corrected chi connectivity index (χ3v) is 9.82. The average Bonchev–Trinajstić information content (AvgIpc) is 3.61. The molecule has 2 aliphatic heterocycles. The molecule has 1 aromatic heterocycles. The largest absolute Gasteiger partial charge is 0.479 e. The summed E-state index contributed by atoms with van der Waals surface area (Å²) in [5.74, 6) is -2.67. The molecule has 0 bridgehead atoms. The first-order valence-electron chi connectivity index (χ1n) is 17.6. The second-order valence-corrected chi connectivity index (χ2v) is 14.7. The molecule has 3 amide bonds. The van der Waals surface area contributed by atoms with Crippen LogP contribution in [0.15, 0.2) is 83.8 Å². The van der Waals surface area contributed by atoms with Crippen LogP contribution in [0.3, 0.4) is 0 Å². The number of benzene rings is 2. The molecule has 1 saturated heterocycles. The molecule has 6 rings (SSSR count). The van der Waals surface area contributed by atoms with Gasteiger partial charge in [-0.05, 0) is 57.6 Å². The van der Waals surface area contributed by atoms with Crippen molar-refractivity contribution in [2.75, 3.05) is 6.54 Å². The first-order chi connectivity index (χ1) is 24.4. The van der Waals surface area contributed by atoms with Crippen LogP contribution in [0.25, 0.3) is 22.3 Å². The molecule has 0 radical (unpaired) electrons. The molecule has 0 unspecified atom stereocenters. The van der Waals surface area contributed by atoms with Gasteiger partial charge < -0.3 is 25.4 Å². The van der Waals surface area contributed by atoms with E-state index in [9.17, 15) is 29.1 Å². The predicted molar refractivity (Wildman–Crippen MR) is 191 cm³/mol. The summed E-state index contributed by atoms with van der Waals surface area (Å²) in [5.41, 5.74) is -0.104. The van der Waals surface area contributed by atoms with Crippen LogP contribution in [0.4, 0.5) is 4.79 Å². The SMILES string of the molecule is CC(C)(C)OC(=O)N[C@H]1CCCCCC=C[C@@H]2C[C@@]2(C(=O)O)NC(=O)[C@@H]2C[C@@H](n3ncc(-c4ccccc4)c(-c4ccccc4)c3=O)CN2C1=O. The second-order valence-electron chi connectivity index (χ2n) is 14.7. The first-order valence-corrected chi connectivity index (χ1v) is 17.6. The zero-order chi connectivity index (χ0) is 36.3. The fourth-order valence-electron chi connectivity index (χ4n) is 7.15. The molecule has 2 fully saturated rings. The maximum absolute atomic E-state index is 14.4. The summed E-state index contributed by atoms with van der Waals surface area (Å²) in [6.07, 6.45) is 8.16. The fourth-order valence-corrected chi connectivity index (χ4v) is 7.15. The summed E-state index contributed by atoms with van der Waals surface area (Å²) >= 11 is 0. The zero-order valence-electron chi connectivity index (χ0n) is 29.2. The Morgan fingerprint density at radius 3 is 2.33 bits per heavy atom. The summed E-state index contributed by atoms with van der Waals surface area (Å²) < 4.78 is 6.81. The third-order valence-electron chi connectivity index (χ3n) is 9.82. The highest BCUT2D eigenvalue weighted by atomic mass is 16.6. The molecule has 3 aliphatic rings. The lowest BCUT2D eigenvalue weighted by atomic mass is 9.97. The molecule has 1 aliphatic carbocycles. The van der Waals surface area contributed by atoms with E-state index in [-0.39, 0.29) is 30.9 Å². The normalized spacial score (nSPS) is 25.4. The number of carbonyl (C=O) groups excluding carboxylic acids is 3. The standard InChI is InChI=1S/C39H45N5O7/c1-38(2,3)51-37(50)41-30-20-14-6-4-5-13-19-27-22-39(27,36(48)49)42-33(45)31-21-28(24-43(31)34(30)46)44-35(47)32(26-17-11-8-12-18-26)29(23-40-44)25-15-9-7-10-16-25/h7-13,15-19,23,27-28,30-31H,4-6,14,20-22,24H2,1-3H3,(H,41,50)(H,42,45)(H,48,49)/t27-,28-,30+,31+,39-/m1/s1. The number of hydrogen-bond donors (Lipinski definition) is 3. The third kappa shape index (κ3) is 7.74. The van der Waals surface area contributed by atoms with Gasteiger partial charge in [-0.3, -0.25) is 14.4 Å². The number of hydrogen-bond acceptors (Lipinski definition) is 7. The van der Waals surface area contributed by atoms with Crippen LogP contribution in [0.2, 0.25) is 0 Å². The molecule has 5 atom stereocenters. The van der Waals surface area contributed by atoms with Crippen LogP contribution in [0, 0.1) is 5.92 Å². The van der Waals surface area contributed by atoms with E-state index in [0.717, 1.165) is 24.8 Å². The highest BCUT2D eigenvalue weighted by Crippen LogP contribution is 2.45. The van der Waals surface area contributed by atoms with E-state index in [1.165, 1.54) is 9.58 Å². The van der Waals surface area contributed by atoms with Crippen molar-refractivity contribution < 1.29 is 29.0 Å². The maximum atomic E-state index is 14.4. The molecule has 51 heavy (non-hydrogen) atoms. The minimum atomic E-state index is -1.48. The lowest BCUT2D eigenvalue weighted by molar-refractivity contribution is -0.145. The van der Waals surface area contributed by atoms with Crippen molar-refractivity contribution in [3.8, 4) is 22.3 Å². The summed E-state index contributed by atoms with van der Waals surface area (Å²) in [4.78, 5) is 69.8. The molecule has 268 valence electrons. The molecule has 1 saturated carbocycles. The lowest BCUT2D eigenvalue weighted by Gasteiger charge is -2.30. The summed E-state index contributed by atoms with van der Waals surface area (Å²) in [6.45, 7) is 5.12. The van der Waals surface area contributed by atoms with E-state index < -0.39 is 53.1 Å². The van der Waals surface area contributed by atoms with E-state index in [2.05, 4.69) is 15.7 Å². The van der Waals surface area contributed by atoms with Crippen LogP contribution < -0.4 is 16.2 Å². The van der Waals surface area contributed by atoms with Crippen molar-refractivity contribution in [2.24, 2.45) is 5.92 Å². The Morgan fingerprint density at radius 2 is 1.67 bits per heavy atom. The number of allylic oxidation sites excluding steroid dienone is 1.